The summed E-state index contributed by atoms with van der Waals surface area (Å²) in [6, 6.07) is 10.2. The van der Waals surface area contributed by atoms with E-state index in [1.54, 1.807) is 24.3 Å². The van der Waals surface area contributed by atoms with E-state index >= 15 is 0 Å². The summed E-state index contributed by atoms with van der Waals surface area (Å²) in [5.74, 6) is -2.45. The molecule has 0 radical (unpaired) electrons. The lowest BCUT2D eigenvalue weighted by Gasteiger charge is -2.14. The van der Waals surface area contributed by atoms with Crippen LogP contribution in [0, 0.1) is 5.95 Å². The number of pyridine rings is 1. The van der Waals surface area contributed by atoms with Crippen molar-refractivity contribution in [1.29, 1.82) is 0 Å². The van der Waals surface area contributed by atoms with Crippen LogP contribution in [0.5, 0.6) is 0 Å². The Kier molecular flexibility index (Phi) is 4.61. The van der Waals surface area contributed by atoms with Gasteiger partial charge >= 0.3 is 5.97 Å². The SMILES string of the molecule is O=C(N[C@@H](Cc1ccccc1)C(=O)O)c1ccc(F)nc1. The van der Waals surface area contributed by atoms with Crippen LogP contribution in [0.1, 0.15) is 15.9 Å². The summed E-state index contributed by atoms with van der Waals surface area (Å²) in [6.45, 7) is 0. The topological polar surface area (TPSA) is 79.3 Å². The predicted molar refractivity (Wildman–Crippen MR) is 73.2 cm³/mol. The van der Waals surface area contributed by atoms with Crippen LogP contribution in [0.3, 0.4) is 0 Å². The molecule has 1 heterocycles. The Bertz CT molecular complexity index is 629. The van der Waals surface area contributed by atoms with Gasteiger partial charge in [0.1, 0.15) is 6.04 Å². The van der Waals surface area contributed by atoms with Gasteiger partial charge in [0.2, 0.25) is 5.95 Å². The summed E-state index contributed by atoms with van der Waals surface area (Å²) in [7, 11) is 0. The number of nitrogens with zero attached hydrogens (tertiary/aromatic N) is 1. The van der Waals surface area contributed by atoms with Gasteiger partial charge in [0, 0.05) is 12.6 Å². The Morgan fingerprint density at radius 2 is 1.90 bits per heavy atom. The number of carboxylic acid groups (broad SMARTS) is 1. The molecule has 1 amide bonds. The second kappa shape index (κ2) is 6.60. The van der Waals surface area contributed by atoms with Crippen LogP contribution >= 0.6 is 0 Å². The highest BCUT2D eigenvalue weighted by Gasteiger charge is 2.21. The highest BCUT2D eigenvalue weighted by Crippen LogP contribution is 2.05. The second-order valence-electron chi connectivity index (χ2n) is 4.42. The Labute approximate surface area is 120 Å². The van der Waals surface area contributed by atoms with Crippen molar-refractivity contribution in [2.24, 2.45) is 0 Å². The second-order valence-corrected chi connectivity index (χ2v) is 4.42. The van der Waals surface area contributed by atoms with Crippen LogP contribution in [0.15, 0.2) is 48.7 Å². The van der Waals surface area contributed by atoms with Gasteiger partial charge in [-0.15, -0.1) is 0 Å². The molecule has 6 heteroatoms. The zero-order valence-corrected chi connectivity index (χ0v) is 11.0. The average molecular weight is 288 g/mol. The quantitative estimate of drug-likeness (QED) is 0.820. The lowest BCUT2D eigenvalue weighted by molar-refractivity contribution is -0.139. The number of carbonyl (C=O) groups is 2. The maximum atomic E-state index is 12.7. The molecule has 5 nitrogen and oxygen atoms in total. The zero-order chi connectivity index (χ0) is 15.2. The van der Waals surface area contributed by atoms with Crippen LogP contribution in [-0.4, -0.2) is 28.0 Å². The van der Waals surface area contributed by atoms with Crippen molar-refractivity contribution in [2.45, 2.75) is 12.5 Å². The number of hydrogen-bond donors (Lipinski definition) is 2. The molecule has 1 aromatic heterocycles. The molecule has 1 aromatic carbocycles. The fourth-order valence-electron chi connectivity index (χ4n) is 1.80. The third-order valence-corrected chi connectivity index (χ3v) is 2.88. The predicted octanol–water partition coefficient (Wildman–Crippen LogP) is 1.65. The minimum absolute atomic E-state index is 0.107. The average Bonchev–Trinajstić information content (AvgIpc) is 2.48. The van der Waals surface area contributed by atoms with Gasteiger partial charge in [-0.3, -0.25) is 4.79 Å². The normalized spacial score (nSPS) is 11.7. The van der Waals surface area contributed by atoms with Crippen molar-refractivity contribution in [1.82, 2.24) is 10.3 Å². The molecular formula is C15H13FN2O3. The van der Waals surface area contributed by atoms with Gasteiger partial charge in [0.05, 0.1) is 5.56 Å². The lowest BCUT2D eigenvalue weighted by atomic mass is 10.1. The standard InChI is InChI=1S/C15H13FN2O3/c16-13-7-6-11(9-17-13)14(19)18-12(15(20)21)8-10-4-2-1-3-5-10/h1-7,9,12H,8H2,(H,18,19)(H,20,21)/t12-/m0/s1. The number of amides is 1. The first-order valence-corrected chi connectivity index (χ1v) is 6.25. The smallest absolute Gasteiger partial charge is 0.326 e. The van der Waals surface area contributed by atoms with Gasteiger partial charge in [-0.25, -0.2) is 9.78 Å². The molecule has 0 saturated carbocycles. The van der Waals surface area contributed by atoms with E-state index in [1.165, 1.54) is 6.07 Å². The number of benzene rings is 1. The number of carbonyl (C=O) groups excluding carboxylic acids is 1. The Hall–Kier alpha value is -2.76. The summed E-state index contributed by atoms with van der Waals surface area (Å²) in [5, 5.41) is 11.6. The summed E-state index contributed by atoms with van der Waals surface area (Å²) in [5.41, 5.74) is 0.901. The fraction of sp³-hybridized carbons (Fsp3) is 0.133. The van der Waals surface area contributed by atoms with E-state index in [2.05, 4.69) is 10.3 Å². The van der Waals surface area contributed by atoms with Crippen molar-refractivity contribution in [3.8, 4) is 0 Å². The molecule has 0 fully saturated rings. The first-order chi connectivity index (χ1) is 10.1. The molecule has 0 aliphatic heterocycles. The van der Waals surface area contributed by atoms with E-state index in [0.717, 1.165) is 17.8 Å². The molecule has 2 aromatic rings. The molecule has 21 heavy (non-hydrogen) atoms. The van der Waals surface area contributed by atoms with E-state index in [0.29, 0.717) is 0 Å². The van der Waals surface area contributed by atoms with Gasteiger partial charge in [0.15, 0.2) is 0 Å². The third kappa shape index (κ3) is 4.10. The summed E-state index contributed by atoms with van der Waals surface area (Å²) < 4.78 is 12.7. The monoisotopic (exact) mass is 288 g/mol. The lowest BCUT2D eigenvalue weighted by Crippen LogP contribution is -2.42. The van der Waals surface area contributed by atoms with E-state index < -0.39 is 23.9 Å². The van der Waals surface area contributed by atoms with Crippen molar-refractivity contribution in [3.63, 3.8) is 0 Å². The number of rotatable bonds is 5. The van der Waals surface area contributed by atoms with E-state index in [4.69, 9.17) is 0 Å². The van der Waals surface area contributed by atoms with Gasteiger partial charge in [-0.1, -0.05) is 30.3 Å². The molecular weight excluding hydrogens is 275 g/mol. The molecule has 0 aliphatic rings. The molecule has 0 bridgehead atoms. The van der Waals surface area contributed by atoms with Gasteiger partial charge < -0.3 is 10.4 Å². The molecule has 0 unspecified atom stereocenters. The molecule has 1 atom stereocenters. The number of carboxylic acids is 1. The molecule has 2 rings (SSSR count). The Morgan fingerprint density at radius 1 is 1.19 bits per heavy atom. The van der Waals surface area contributed by atoms with E-state index in [-0.39, 0.29) is 12.0 Å². The van der Waals surface area contributed by atoms with Crippen LogP contribution in [0.25, 0.3) is 0 Å². The molecule has 0 spiro atoms. The minimum atomic E-state index is -1.14. The Morgan fingerprint density at radius 3 is 2.48 bits per heavy atom. The zero-order valence-electron chi connectivity index (χ0n) is 11.0. The number of hydrogen-bond acceptors (Lipinski definition) is 3. The summed E-state index contributed by atoms with van der Waals surface area (Å²) >= 11 is 0. The maximum Gasteiger partial charge on any atom is 0.326 e. The summed E-state index contributed by atoms with van der Waals surface area (Å²) in [4.78, 5) is 26.5. The van der Waals surface area contributed by atoms with Crippen LogP contribution in [-0.2, 0) is 11.2 Å². The number of nitrogens with one attached hydrogen (secondary N) is 1. The highest BCUT2D eigenvalue weighted by atomic mass is 19.1. The van der Waals surface area contributed by atoms with Crippen molar-refractivity contribution in [2.75, 3.05) is 0 Å². The van der Waals surface area contributed by atoms with Crippen molar-refractivity contribution < 1.29 is 19.1 Å². The van der Waals surface area contributed by atoms with Crippen LogP contribution in [0.4, 0.5) is 4.39 Å². The van der Waals surface area contributed by atoms with Crippen LogP contribution < -0.4 is 5.32 Å². The number of aliphatic carboxylic acids is 1. The number of halogens is 1. The first-order valence-electron chi connectivity index (χ1n) is 6.25. The largest absolute Gasteiger partial charge is 0.480 e. The van der Waals surface area contributed by atoms with Crippen molar-refractivity contribution in [3.05, 3.63) is 65.7 Å². The van der Waals surface area contributed by atoms with E-state index in [1.807, 2.05) is 6.07 Å². The minimum Gasteiger partial charge on any atom is -0.480 e. The highest BCUT2D eigenvalue weighted by molar-refractivity contribution is 5.96. The maximum absolute atomic E-state index is 12.7. The van der Waals surface area contributed by atoms with Gasteiger partial charge in [0.25, 0.3) is 5.91 Å². The first kappa shape index (κ1) is 14.6. The third-order valence-electron chi connectivity index (χ3n) is 2.88. The fourth-order valence-corrected chi connectivity index (χ4v) is 1.80. The molecule has 0 aliphatic carbocycles. The number of aromatic nitrogens is 1. The summed E-state index contributed by atoms with van der Waals surface area (Å²) in [6.07, 6.45) is 1.22. The van der Waals surface area contributed by atoms with Crippen LogP contribution in [0.2, 0.25) is 0 Å². The molecule has 108 valence electrons. The molecule has 0 saturated heterocycles. The van der Waals surface area contributed by atoms with E-state index in [9.17, 15) is 19.1 Å². The van der Waals surface area contributed by atoms with Crippen molar-refractivity contribution >= 4 is 11.9 Å². The molecule has 2 N–H and O–H groups in total. The van der Waals surface area contributed by atoms with Gasteiger partial charge in [-0.05, 0) is 17.7 Å². The Balaban J connectivity index is 2.07. The van der Waals surface area contributed by atoms with Gasteiger partial charge in [-0.2, -0.15) is 4.39 Å².